The Morgan fingerprint density at radius 3 is 2.32 bits per heavy atom. The third-order valence-electron chi connectivity index (χ3n) is 3.39. The van der Waals surface area contributed by atoms with Crippen LogP contribution >= 0.6 is 0 Å². The van der Waals surface area contributed by atoms with E-state index in [-0.39, 0.29) is 0 Å². The Kier molecular flexibility index (Phi) is 4.25. The summed E-state index contributed by atoms with van der Waals surface area (Å²) in [4.78, 5) is 4.42. The van der Waals surface area contributed by atoms with E-state index in [9.17, 15) is 0 Å². The van der Waals surface area contributed by atoms with Gasteiger partial charge in [-0.3, -0.25) is 10.4 Å². The Morgan fingerprint density at radius 1 is 0.864 bits per heavy atom. The molecule has 3 nitrogen and oxygen atoms in total. The van der Waals surface area contributed by atoms with Gasteiger partial charge in [-0.25, -0.2) is 0 Å². The van der Waals surface area contributed by atoms with E-state index in [1.165, 1.54) is 0 Å². The molecule has 0 aliphatic rings. The molecule has 0 aliphatic carbocycles. The van der Waals surface area contributed by atoms with Crippen molar-refractivity contribution in [3.8, 4) is 0 Å². The van der Waals surface area contributed by atoms with Crippen LogP contribution in [-0.4, -0.2) is 10.7 Å². The van der Waals surface area contributed by atoms with Gasteiger partial charge in [0.1, 0.15) is 5.71 Å². The summed E-state index contributed by atoms with van der Waals surface area (Å²) in [5.41, 5.74) is 8.00. The van der Waals surface area contributed by atoms with E-state index in [0.717, 1.165) is 28.2 Å². The molecule has 3 rings (SSSR count). The minimum absolute atomic E-state index is 0.824. The maximum absolute atomic E-state index is 4.60. The normalized spacial score (nSPS) is 11.2. The Balaban J connectivity index is 1.99. The molecular weight excluding hydrogens is 270 g/mol. The minimum atomic E-state index is 0.824. The van der Waals surface area contributed by atoms with Gasteiger partial charge in [0.15, 0.2) is 0 Å². The highest BCUT2D eigenvalue weighted by Gasteiger charge is 2.08. The molecule has 22 heavy (non-hydrogen) atoms. The number of pyridine rings is 1. The van der Waals surface area contributed by atoms with E-state index in [4.69, 9.17) is 0 Å². The number of nitrogens with zero attached hydrogens (tertiary/aromatic N) is 2. The lowest BCUT2D eigenvalue weighted by atomic mass is 10.1. The summed E-state index contributed by atoms with van der Waals surface area (Å²) in [5, 5.41) is 4.60. The number of hydrazone groups is 1. The third-order valence-corrected chi connectivity index (χ3v) is 3.39. The second kappa shape index (κ2) is 6.68. The molecule has 3 aromatic rings. The molecule has 0 unspecified atom stereocenters. The van der Waals surface area contributed by atoms with Crippen molar-refractivity contribution in [1.29, 1.82) is 0 Å². The van der Waals surface area contributed by atoms with Crippen LogP contribution in [0.15, 0.2) is 84.1 Å². The van der Waals surface area contributed by atoms with Crippen LogP contribution < -0.4 is 5.43 Å². The summed E-state index contributed by atoms with van der Waals surface area (Å²) in [7, 11) is 0. The quantitative estimate of drug-likeness (QED) is 0.575. The molecule has 0 aliphatic heterocycles. The van der Waals surface area contributed by atoms with Gasteiger partial charge in [0.05, 0.1) is 11.4 Å². The van der Waals surface area contributed by atoms with E-state index >= 15 is 0 Å². The van der Waals surface area contributed by atoms with Gasteiger partial charge < -0.3 is 0 Å². The Labute approximate surface area is 130 Å². The van der Waals surface area contributed by atoms with Gasteiger partial charge in [0.25, 0.3) is 0 Å². The standard InChI is InChI=1S/C19H17N3/c1-15-9-5-6-12-17(15)21-22-19(16-10-3-2-4-11-16)18-13-7-8-14-20-18/h2-14,21H,1H3. The van der Waals surface area contributed by atoms with Crippen molar-refractivity contribution >= 4 is 11.4 Å². The molecule has 1 aromatic heterocycles. The number of nitrogens with one attached hydrogen (secondary N) is 1. The molecule has 0 amide bonds. The van der Waals surface area contributed by atoms with Gasteiger partial charge in [0, 0.05) is 11.8 Å². The SMILES string of the molecule is Cc1ccccc1NN=C(c1ccccc1)c1ccccn1. The largest absolute Gasteiger partial charge is 0.278 e. The zero-order chi connectivity index (χ0) is 15.2. The van der Waals surface area contributed by atoms with Gasteiger partial charge in [-0.15, -0.1) is 0 Å². The van der Waals surface area contributed by atoms with Crippen molar-refractivity contribution in [2.45, 2.75) is 6.92 Å². The van der Waals surface area contributed by atoms with Gasteiger partial charge in [-0.1, -0.05) is 54.6 Å². The fraction of sp³-hybridized carbons (Fsp3) is 0.0526. The molecule has 0 spiro atoms. The number of hydrogen-bond donors (Lipinski definition) is 1. The van der Waals surface area contributed by atoms with Crippen molar-refractivity contribution in [1.82, 2.24) is 4.98 Å². The monoisotopic (exact) mass is 287 g/mol. The van der Waals surface area contributed by atoms with E-state index in [1.54, 1.807) is 6.20 Å². The first kappa shape index (κ1) is 14.0. The average Bonchev–Trinajstić information content (AvgIpc) is 2.59. The molecule has 3 heteroatoms. The Morgan fingerprint density at radius 2 is 1.59 bits per heavy atom. The second-order valence-electron chi connectivity index (χ2n) is 4.97. The number of rotatable bonds is 4. The summed E-state index contributed by atoms with van der Waals surface area (Å²) in [6.45, 7) is 2.06. The van der Waals surface area contributed by atoms with Crippen LogP contribution in [0.3, 0.4) is 0 Å². The van der Waals surface area contributed by atoms with Gasteiger partial charge in [-0.05, 0) is 30.7 Å². The Bertz CT molecular complexity index is 723. The highest BCUT2D eigenvalue weighted by atomic mass is 15.3. The van der Waals surface area contributed by atoms with Crippen molar-refractivity contribution in [3.05, 3.63) is 95.8 Å². The van der Waals surface area contributed by atoms with E-state index in [2.05, 4.69) is 28.5 Å². The number of anilines is 1. The second-order valence-corrected chi connectivity index (χ2v) is 4.97. The Hall–Kier alpha value is -2.94. The third kappa shape index (κ3) is 3.20. The first-order valence-electron chi connectivity index (χ1n) is 7.21. The first-order chi connectivity index (χ1) is 10.8. The summed E-state index contributed by atoms with van der Waals surface area (Å²) < 4.78 is 0. The summed E-state index contributed by atoms with van der Waals surface area (Å²) in [5.74, 6) is 0. The number of aromatic nitrogens is 1. The van der Waals surface area contributed by atoms with Crippen LogP contribution in [0.2, 0.25) is 0 Å². The predicted octanol–water partition coefficient (Wildman–Crippen LogP) is 4.25. The maximum Gasteiger partial charge on any atom is 0.116 e. The van der Waals surface area contributed by atoms with E-state index < -0.39 is 0 Å². The molecule has 2 aromatic carbocycles. The van der Waals surface area contributed by atoms with Crippen LogP contribution in [0.1, 0.15) is 16.8 Å². The minimum Gasteiger partial charge on any atom is -0.278 e. The number of benzene rings is 2. The van der Waals surface area contributed by atoms with Crippen LogP contribution in [0.5, 0.6) is 0 Å². The highest BCUT2D eigenvalue weighted by molar-refractivity contribution is 6.11. The molecular formula is C19H17N3. The van der Waals surface area contributed by atoms with Gasteiger partial charge in [0.2, 0.25) is 0 Å². The van der Waals surface area contributed by atoms with E-state index in [1.807, 2.05) is 66.7 Å². The lowest BCUT2D eigenvalue weighted by Crippen LogP contribution is -2.08. The molecule has 0 fully saturated rings. The zero-order valence-corrected chi connectivity index (χ0v) is 12.4. The average molecular weight is 287 g/mol. The molecule has 1 N–H and O–H groups in total. The molecule has 0 atom stereocenters. The molecule has 1 heterocycles. The highest BCUT2D eigenvalue weighted by Crippen LogP contribution is 2.15. The van der Waals surface area contributed by atoms with Crippen molar-refractivity contribution in [2.24, 2.45) is 5.10 Å². The lowest BCUT2D eigenvalue weighted by molar-refractivity contribution is 1.24. The summed E-state index contributed by atoms with van der Waals surface area (Å²) in [6.07, 6.45) is 1.78. The summed E-state index contributed by atoms with van der Waals surface area (Å²) in [6, 6.07) is 24.0. The van der Waals surface area contributed by atoms with Crippen LogP contribution in [0.4, 0.5) is 5.69 Å². The molecule has 0 radical (unpaired) electrons. The zero-order valence-electron chi connectivity index (χ0n) is 12.4. The number of hydrogen-bond acceptors (Lipinski definition) is 3. The lowest BCUT2D eigenvalue weighted by Gasteiger charge is -2.09. The maximum atomic E-state index is 4.60. The fourth-order valence-corrected chi connectivity index (χ4v) is 2.18. The van der Waals surface area contributed by atoms with Crippen molar-refractivity contribution in [2.75, 3.05) is 5.43 Å². The van der Waals surface area contributed by atoms with Crippen LogP contribution in [0, 0.1) is 6.92 Å². The van der Waals surface area contributed by atoms with Crippen molar-refractivity contribution < 1.29 is 0 Å². The van der Waals surface area contributed by atoms with Gasteiger partial charge in [-0.2, -0.15) is 5.10 Å². The van der Waals surface area contributed by atoms with Crippen LogP contribution in [-0.2, 0) is 0 Å². The van der Waals surface area contributed by atoms with Crippen molar-refractivity contribution in [3.63, 3.8) is 0 Å². The summed E-state index contributed by atoms with van der Waals surface area (Å²) >= 11 is 0. The predicted molar refractivity (Wildman–Crippen MR) is 91.1 cm³/mol. The van der Waals surface area contributed by atoms with Gasteiger partial charge >= 0.3 is 0 Å². The van der Waals surface area contributed by atoms with Crippen LogP contribution in [0.25, 0.3) is 0 Å². The smallest absolute Gasteiger partial charge is 0.116 e. The molecule has 0 saturated heterocycles. The number of para-hydroxylation sites is 1. The van der Waals surface area contributed by atoms with E-state index in [0.29, 0.717) is 0 Å². The number of aryl methyl sites for hydroxylation is 1. The topological polar surface area (TPSA) is 37.3 Å². The molecule has 0 bridgehead atoms. The first-order valence-corrected chi connectivity index (χ1v) is 7.21. The fourth-order valence-electron chi connectivity index (χ4n) is 2.18. The molecule has 108 valence electrons. The molecule has 0 saturated carbocycles.